The quantitative estimate of drug-likeness (QED) is 0.586. The molecule has 0 fully saturated rings. The molecule has 112 valence electrons. The van der Waals surface area contributed by atoms with E-state index in [1.54, 1.807) is 12.7 Å². The van der Waals surface area contributed by atoms with Crippen LogP contribution in [0.15, 0.2) is 73.1 Å². The van der Waals surface area contributed by atoms with Gasteiger partial charge in [-0.3, -0.25) is 0 Å². The molecule has 0 saturated carbocycles. The van der Waals surface area contributed by atoms with Crippen LogP contribution in [0.2, 0.25) is 0 Å². The van der Waals surface area contributed by atoms with Crippen LogP contribution in [0.4, 0.5) is 0 Å². The molecule has 4 heteroatoms. The van der Waals surface area contributed by atoms with Crippen LogP contribution in [0, 0.1) is 4.32 Å². The molecule has 21 heavy (non-hydrogen) atoms. The summed E-state index contributed by atoms with van der Waals surface area (Å²) >= 11 is 5.23. The summed E-state index contributed by atoms with van der Waals surface area (Å²) < 4.78 is 5.70. The van der Waals surface area contributed by atoms with Gasteiger partial charge in [0.05, 0.1) is 0 Å². The van der Waals surface area contributed by atoms with Crippen molar-refractivity contribution in [1.29, 1.82) is 0 Å². The first-order valence-electron chi connectivity index (χ1n) is 6.72. The Labute approximate surface area is 137 Å². The van der Waals surface area contributed by atoms with Crippen molar-refractivity contribution in [2.24, 2.45) is 0 Å². The Morgan fingerprint density at radius 1 is 0.714 bits per heavy atom. The normalized spacial score (nSPS) is 10.9. The van der Waals surface area contributed by atoms with Crippen molar-refractivity contribution in [2.45, 2.75) is 13.1 Å². The predicted octanol–water partition coefficient (Wildman–Crippen LogP) is 4.31. The number of benzene rings is 2. The van der Waals surface area contributed by atoms with E-state index in [0.717, 1.165) is 13.1 Å². The summed E-state index contributed by atoms with van der Waals surface area (Å²) in [6.07, 6.45) is 4.27. The fourth-order valence-corrected chi connectivity index (χ4v) is 3.91. The zero-order chi connectivity index (χ0) is 14.5. The van der Waals surface area contributed by atoms with Crippen LogP contribution in [-0.2, 0) is 25.8 Å². The molecule has 0 saturated heterocycles. The van der Waals surface area contributed by atoms with Crippen molar-refractivity contribution in [3.05, 3.63) is 88.5 Å². The van der Waals surface area contributed by atoms with Gasteiger partial charge in [0.1, 0.15) is 0 Å². The van der Waals surface area contributed by atoms with Crippen LogP contribution in [0.3, 0.4) is 0 Å². The second-order valence-electron chi connectivity index (χ2n) is 4.82. The Bertz CT molecular complexity index is 698. The molecule has 2 aromatic carbocycles. The third-order valence-corrected chi connectivity index (χ3v) is 4.88. The molecule has 0 atom stereocenters. The van der Waals surface area contributed by atoms with Gasteiger partial charge in [0, 0.05) is 0 Å². The molecule has 3 rings (SSSR count). The molecule has 0 N–H and O–H groups in total. The summed E-state index contributed by atoms with van der Waals surface area (Å²) in [4.78, 5) is 0. The Kier molecular flexibility index (Phi) is 4.91. The molecular formula is C17H16BrCuN2. The van der Waals surface area contributed by atoms with Gasteiger partial charge >= 0.3 is 138 Å². The Morgan fingerprint density at radius 3 is 1.52 bits per heavy atom. The first-order chi connectivity index (χ1) is 10.4. The summed E-state index contributed by atoms with van der Waals surface area (Å²) in [5, 5.41) is 0. The van der Waals surface area contributed by atoms with Crippen LogP contribution >= 0.6 is 14.1 Å². The first-order valence-corrected chi connectivity index (χ1v) is 9.52. The van der Waals surface area contributed by atoms with Gasteiger partial charge in [-0.2, -0.15) is 0 Å². The average Bonchev–Trinajstić information content (AvgIpc) is 2.91. The molecular weight excluding hydrogens is 376 g/mol. The minimum atomic E-state index is 0.883. The van der Waals surface area contributed by atoms with Crippen molar-refractivity contribution in [3.8, 4) is 0 Å². The maximum atomic E-state index is 3.53. The molecule has 3 aromatic rings. The summed E-state index contributed by atoms with van der Waals surface area (Å²) in [7, 11) is 0. The second kappa shape index (κ2) is 7.08. The van der Waals surface area contributed by atoms with Gasteiger partial charge in [-0.05, 0) is 0 Å². The summed E-state index contributed by atoms with van der Waals surface area (Å²) in [5.41, 5.74) is 2.61. The zero-order valence-electron chi connectivity index (χ0n) is 11.4. The van der Waals surface area contributed by atoms with E-state index >= 15 is 0 Å². The molecule has 2 nitrogen and oxygen atoms in total. The van der Waals surface area contributed by atoms with Gasteiger partial charge in [0.15, 0.2) is 0 Å². The second-order valence-corrected chi connectivity index (χ2v) is 6.40. The van der Waals surface area contributed by atoms with Crippen LogP contribution < -0.4 is 0 Å². The van der Waals surface area contributed by atoms with E-state index in [-0.39, 0.29) is 0 Å². The first kappa shape index (κ1) is 14.6. The summed E-state index contributed by atoms with van der Waals surface area (Å²) in [6.45, 7) is 1.77. The van der Waals surface area contributed by atoms with Crippen LogP contribution in [0.5, 0.6) is 0 Å². The molecule has 0 aliphatic heterocycles. The van der Waals surface area contributed by atoms with Crippen LogP contribution in [0.25, 0.3) is 0 Å². The van der Waals surface area contributed by atoms with Crippen molar-refractivity contribution in [2.75, 3.05) is 0 Å². The van der Waals surface area contributed by atoms with Crippen molar-refractivity contribution in [1.82, 2.24) is 9.13 Å². The third-order valence-electron chi connectivity index (χ3n) is 3.30. The van der Waals surface area contributed by atoms with E-state index in [4.69, 9.17) is 0 Å². The SMILES string of the molecule is [Br][Cu]=[c]1n(Cc2ccccc2)ccn1Cc1ccccc1. The van der Waals surface area contributed by atoms with Gasteiger partial charge in [-0.1, -0.05) is 0 Å². The molecule has 0 bridgehead atoms. The molecule has 0 radical (unpaired) electrons. The number of hydrogen-bond acceptors (Lipinski definition) is 0. The molecule has 0 amide bonds. The van der Waals surface area contributed by atoms with Gasteiger partial charge in [-0.25, -0.2) is 0 Å². The average molecular weight is 392 g/mol. The Balaban J connectivity index is 1.88. The molecule has 1 aromatic heterocycles. The number of aromatic nitrogens is 2. The van der Waals surface area contributed by atoms with Crippen LogP contribution in [-0.4, -0.2) is 9.13 Å². The standard InChI is InChI=1S/C17H16N2.BrH.Cu/c1-3-7-16(8-4-1)13-18-11-12-19(15-18)14-17-9-5-2-6-10-17;;/h1-12H,13-14H2;1H;/q;;+1/p-1. The van der Waals surface area contributed by atoms with Gasteiger partial charge in [-0.15, -0.1) is 0 Å². The zero-order valence-corrected chi connectivity index (χ0v) is 13.9. The molecule has 0 aliphatic rings. The molecule has 1 heterocycles. The fourth-order valence-electron chi connectivity index (χ4n) is 2.29. The van der Waals surface area contributed by atoms with E-state index in [1.807, 2.05) is 12.1 Å². The van der Waals surface area contributed by atoms with Crippen molar-refractivity contribution >= 4 is 14.1 Å². The van der Waals surface area contributed by atoms with E-state index in [9.17, 15) is 0 Å². The molecule has 0 unspecified atom stereocenters. The topological polar surface area (TPSA) is 9.86 Å². The van der Waals surface area contributed by atoms with Gasteiger partial charge in [0.25, 0.3) is 0 Å². The molecule has 0 aliphatic carbocycles. The number of rotatable bonds is 4. The summed E-state index contributed by atoms with van der Waals surface area (Å²) in [6, 6.07) is 21.0. The maximum absolute atomic E-state index is 3.53. The minimum absolute atomic E-state index is 0.883. The Morgan fingerprint density at radius 2 is 1.14 bits per heavy atom. The van der Waals surface area contributed by atoms with Gasteiger partial charge < -0.3 is 0 Å². The van der Waals surface area contributed by atoms with E-state index in [0.29, 0.717) is 0 Å². The van der Waals surface area contributed by atoms with Crippen molar-refractivity contribution < 1.29 is 12.7 Å². The molecule has 0 spiro atoms. The Hall–Kier alpha value is -1.35. The summed E-state index contributed by atoms with van der Waals surface area (Å²) in [5.74, 6) is 0. The predicted molar refractivity (Wildman–Crippen MR) is 85.7 cm³/mol. The van der Waals surface area contributed by atoms with E-state index in [1.165, 1.54) is 15.5 Å². The fraction of sp³-hybridized carbons (Fsp3) is 0.118. The van der Waals surface area contributed by atoms with Gasteiger partial charge in [0.2, 0.25) is 0 Å². The third kappa shape index (κ3) is 3.65. The number of imidazole rings is 1. The van der Waals surface area contributed by atoms with E-state index in [2.05, 4.69) is 84.2 Å². The number of halogens is 1. The van der Waals surface area contributed by atoms with Crippen molar-refractivity contribution in [3.63, 3.8) is 0 Å². The number of hydrogen-bond donors (Lipinski definition) is 0. The monoisotopic (exact) mass is 390 g/mol. The number of nitrogens with zero attached hydrogens (tertiary/aromatic N) is 2. The van der Waals surface area contributed by atoms with Crippen LogP contribution in [0.1, 0.15) is 11.1 Å². The van der Waals surface area contributed by atoms with E-state index < -0.39 is 0 Å².